The van der Waals surface area contributed by atoms with Gasteiger partial charge >= 0.3 is 0 Å². The molecular formula is C16H17ClFN. The number of likely N-dealkylation sites (N-methyl/N-ethyl adjacent to an activating group) is 1. The maximum absolute atomic E-state index is 13.2. The van der Waals surface area contributed by atoms with E-state index < -0.39 is 0 Å². The molecule has 3 heteroatoms. The van der Waals surface area contributed by atoms with Crippen LogP contribution in [0, 0.1) is 12.7 Å². The predicted octanol–water partition coefficient (Wildman–Crippen LogP) is 4.29. The average Bonchev–Trinajstić information content (AvgIpc) is 2.37. The van der Waals surface area contributed by atoms with E-state index in [0.29, 0.717) is 0 Å². The highest BCUT2D eigenvalue weighted by Gasteiger charge is 2.13. The van der Waals surface area contributed by atoms with Gasteiger partial charge in [-0.05, 0) is 61.3 Å². The molecule has 1 nitrogen and oxygen atoms in total. The number of nitrogens with one attached hydrogen (secondary N) is 1. The molecule has 2 aromatic rings. The molecule has 0 fully saturated rings. The summed E-state index contributed by atoms with van der Waals surface area (Å²) in [5.41, 5.74) is 3.31. The largest absolute Gasteiger partial charge is 0.313 e. The SMILES string of the molecule is CNC(Cc1cccc(F)c1)c1ccc(Cl)cc1C. The maximum Gasteiger partial charge on any atom is 0.123 e. The minimum Gasteiger partial charge on any atom is -0.313 e. The number of aryl methyl sites for hydroxylation is 1. The Balaban J connectivity index is 2.25. The molecule has 0 saturated heterocycles. The summed E-state index contributed by atoms with van der Waals surface area (Å²) in [5.74, 6) is -0.194. The zero-order valence-corrected chi connectivity index (χ0v) is 11.8. The van der Waals surface area contributed by atoms with Crippen molar-refractivity contribution in [3.63, 3.8) is 0 Å². The Morgan fingerprint density at radius 3 is 2.63 bits per heavy atom. The first kappa shape index (κ1) is 14.0. The van der Waals surface area contributed by atoms with E-state index >= 15 is 0 Å². The highest BCUT2D eigenvalue weighted by atomic mass is 35.5. The minimum absolute atomic E-state index is 0.152. The molecule has 0 aliphatic rings. The van der Waals surface area contributed by atoms with Crippen molar-refractivity contribution in [2.45, 2.75) is 19.4 Å². The van der Waals surface area contributed by atoms with Crippen molar-refractivity contribution in [2.24, 2.45) is 0 Å². The zero-order chi connectivity index (χ0) is 13.8. The first-order valence-corrected chi connectivity index (χ1v) is 6.65. The van der Waals surface area contributed by atoms with Crippen molar-refractivity contribution in [2.75, 3.05) is 7.05 Å². The van der Waals surface area contributed by atoms with Crippen LogP contribution in [0.4, 0.5) is 4.39 Å². The Hall–Kier alpha value is -1.38. The summed E-state index contributed by atoms with van der Waals surface area (Å²) in [5, 5.41) is 4.02. The predicted molar refractivity (Wildman–Crippen MR) is 78.1 cm³/mol. The molecule has 0 radical (unpaired) electrons. The van der Waals surface area contributed by atoms with Crippen LogP contribution in [-0.4, -0.2) is 7.05 Å². The highest BCUT2D eigenvalue weighted by molar-refractivity contribution is 6.30. The summed E-state index contributed by atoms with van der Waals surface area (Å²) in [7, 11) is 1.91. The van der Waals surface area contributed by atoms with Crippen LogP contribution in [0.15, 0.2) is 42.5 Å². The molecule has 0 saturated carbocycles. The average molecular weight is 278 g/mol. The molecule has 1 unspecified atom stereocenters. The van der Waals surface area contributed by atoms with Gasteiger partial charge in [0.05, 0.1) is 0 Å². The fourth-order valence-corrected chi connectivity index (χ4v) is 2.52. The molecule has 1 N–H and O–H groups in total. The van der Waals surface area contributed by atoms with Gasteiger partial charge in [-0.1, -0.05) is 29.8 Å². The molecular weight excluding hydrogens is 261 g/mol. The lowest BCUT2D eigenvalue weighted by atomic mass is 9.95. The molecule has 19 heavy (non-hydrogen) atoms. The molecule has 0 heterocycles. The van der Waals surface area contributed by atoms with Gasteiger partial charge in [0, 0.05) is 11.1 Å². The minimum atomic E-state index is -0.194. The third-order valence-electron chi connectivity index (χ3n) is 3.28. The van der Waals surface area contributed by atoms with E-state index in [2.05, 4.69) is 5.32 Å². The van der Waals surface area contributed by atoms with Gasteiger partial charge in [-0.3, -0.25) is 0 Å². The lowest BCUT2D eigenvalue weighted by Crippen LogP contribution is -2.19. The van der Waals surface area contributed by atoms with Gasteiger partial charge in [0.15, 0.2) is 0 Å². The van der Waals surface area contributed by atoms with Gasteiger partial charge in [0.1, 0.15) is 5.82 Å². The van der Waals surface area contributed by atoms with Gasteiger partial charge in [-0.25, -0.2) is 4.39 Å². The third-order valence-corrected chi connectivity index (χ3v) is 3.52. The molecule has 0 aliphatic carbocycles. The second-order valence-electron chi connectivity index (χ2n) is 4.68. The Labute approximate surface area is 118 Å². The van der Waals surface area contributed by atoms with Gasteiger partial charge in [0.25, 0.3) is 0 Å². The van der Waals surface area contributed by atoms with Crippen molar-refractivity contribution < 1.29 is 4.39 Å². The smallest absolute Gasteiger partial charge is 0.123 e. The zero-order valence-electron chi connectivity index (χ0n) is 11.1. The summed E-state index contributed by atoms with van der Waals surface area (Å²) in [6.07, 6.45) is 0.747. The summed E-state index contributed by atoms with van der Waals surface area (Å²) in [6, 6.07) is 12.7. The van der Waals surface area contributed by atoms with Crippen molar-refractivity contribution in [1.82, 2.24) is 5.32 Å². The van der Waals surface area contributed by atoms with Crippen LogP contribution in [0.3, 0.4) is 0 Å². The van der Waals surface area contributed by atoms with Crippen LogP contribution in [0.2, 0.25) is 5.02 Å². The molecule has 0 amide bonds. The normalized spacial score (nSPS) is 12.4. The summed E-state index contributed by atoms with van der Waals surface area (Å²) < 4.78 is 13.2. The first-order valence-electron chi connectivity index (χ1n) is 6.28. The molecule has 1 atom stereocenters. The van der Waals surface area contributed by atoms with Crippen molar-refractivity contribution in [3.05, 3.63) is 70.0 Å². The monoisotopic (exact) mass is 277 g/mol. The van der Waals surface area contributed by atoms with Crippen molar-refractivity contribution in [3.8, 4) is 0 Å². The number of hydrogen-bond acceptors (Lipinski definition) is 1. The van der Waals surface area contributed by atoms with E-state index in [0.717, 1.165) is 22.6 Å². The van der Waals surface area contributed by atoms with E-state index in [1.54, 1.807) is 12.1 Å². The van der Waals surface area contributed by atoms with E-state index in [-0.39, 0.29) is 11.9 Å². The standard InChI is InChI=1S/C16H17ClFN/c1-11-8-13(17)6-7-15(11)16(19-2)10-12-4-3-5-14(18)9-12/h3-9,16,19H,10H2,1-2H3. The molecule has 0 spiro atoms. The maximum atomic E-state index is 13.2. The van der Waals surface area contributed by atoms with Crippen LogP contribution in [0.25, 0.3) is 0 Å². The Kier molecular flexibility index (Phi) is 4.56. The fraction of sp³-hybridized carbons (Fsp3) is 0.250. The Bertz CT molecular complexity index is 568. The number of hydrogen-bond donors (Lipinski definition) is 1. The second-order valence-corrected chi connectivity index (χ2v) is 5.11. The molecule has 0 aliphatic heterocycles. The molecule has 100 valence electrons. The van der Waals surface area contributed by atoms with Crippen LogP contribution in [0.5, 0.6) is 0 Å². The lowest BCUT2D eigenvalue weighted by Gasteiger charge is -2.19. The highest BCUT2D eigenvalue weighted by Crippen LogP contribution is 2.24. The van der Waals surface area contributed by atoms with Crippen LogP contribution >= 0.6 is 11.6 Å². The third kappa shape index (κ3) is 3.55. The van der Waals surface area contributed by atoms with E-state index in [1.165, 1.54) is 11.6 Å². The lowest BCUT2D eigenvalue weighted by molar-refractivity contribution is 0.581. The molecule has 0 bridgehead atoms. The Morgan fingerprint density at radius 2 is 2.00 bits per heavy atom. The first-order chi connectivity index (χ1) is 9.10. The quantitative estimate of drug-likeness (QED) is 0.879. The van der Waals surface area contributed by atoms with Gasteiger partial charge < -0.3 is 5.32 Å². The van der Waals surface area contributed by atoms with Crippen LogP contribution in [-0.2, 0) is 6.42 Å². The van der Waals surface area contributed by atoms with Crippen LogP contribution in [0.1, 0.15) is 22.7 Å². The van der Waals surface area contributed by atoms with Gasteiger partial charge in [0.2, 0.25) is 0 Å². The van der Waals surface area contributed by atoms with Gasteiger partial charge in [-0.15, -0.1) is 0 Å². The second kappa shape index (κ2) is 6.18. The Morgan fingerprint density at radius 1 is 1.21 bits per heavy atom. The molecule has 2 rings (SSSR count). The topological polar surface area (TPSA) is 12.0 Å². The van der Waals surface area contributed by atoms with Crippen molar-refractivity contribution in [1.29, 1.82) is 0 Å². The summed E-state index contributed by atoms with van der Waals surface area (Å²) in [6.45, 7) is 2.04. The summed E-state index contributed by atoms with van der Waals surface area (Å²) >= 11 is 5.98. The van der Waals surface area contributed by atoms with E-state index in [1.807, 2.05) is 38.2 Å². The van der Waals surface area contributed by atoms with Gasteiger partial charge in [-0.2, -0.15) is 0 Å². The van der Waals surface area contributed by atoms with E-state index in [9.17, 15) is 4.39 Å². The fourth-order valence-electron chi connectivity index (χ4n) is 2.30. The van der Waals surface area contributed by atoms with Crippen molar-refractivity contribution >= 4 is 11.6 Å². The molecule has 0 aromatic heterocycles. The van der Waals surface area contributed by atoms with E-state index in [4.69, 9.17) is 11.6 Å². The van der Waals surface area contributed by atoms with Crippen LogP contribution < -0.4 is 5.32 Å². The number of rotatable bonds is 4. The number of halogens is 2. The molecule has 2 aromatic carbocycles. The summed E-state index contributed by atoms with van der Waals surface area (Å²) in [4.78, 5) is 0. The number of benzene rings is 2.